The lowest BCUT2D eigenvalue weighted by Crippen LogP contribution is -2.46. The molecule has 2 saturated heterocycles. The second-order valence-corrected chi connectivity index (χ2v) is 8.17. The van der Waals surface area contributed by atoms with Gasteiger partial charge in [-0.3, -0.25) is 4.79 Å². The molecule has 2 aliphatic heterocycles. The van der Waals surface area contributed by atoms with E-state index in [-0.39, 0.29) is 11.8 Å². The number of rotatable bonds is 3. The maximum atomic E-state index is 14.6. The Morgan fingerprint density at radius 1 is 1.20 bits per heavy atom. The van der Waals surface area contributed by atoms with E-state index in [2.05, 4.69) is 11.4 Å². The van der Waals surface area contributed by atoms with Crippen molar-refractivity contribution < 1.29 is 9.18 Å². The average molecular weight is 361 g/mol. The topological polar surface area (TPSA) is 45.2 Å². The third kappa shape index (κ3) is 3.55. The molecule has 1 aromatic heterocycles. The monoisotopic (exact) mass is 361 g/mol. The van der Waals surface area contributed by atoms with Crippen LogP contribution in [-0.4, -0.2) is 48.1 Å². The Bertz CT molecular complexity index is 702. The van der Waals surface area contributed by atoms with Crippen LogP contribution in [0.1, 0.15) is 36.6 Å². The fourth-order valence-corrected chi connectivity index (χ4v) is 5.06. The Morgan fingerprint density at radius 2 is 1.92 bits per heavy atom. The summed E-state index contributed by atoms with van der Waals surface area (Å²) in [7, 11) is 0. The fraction of sp³-hybridized carbons (Fsp3) is 0.579. The van der Waals surface area contributed by atoms with E-state index in [9.17, 15) is 9.18 Å². The highest BCUT2D eigenvalue weighted by Gasteiger charge is 2.34. The van der Waals surface area contributed by atoms with Crippen LogP contribution in [0.5, 0.6) is 0 Å². The third-order valence-electron chi connectivity index (χ3n) is 5.50. The van der Waals surface area contributed by atoms with Crippen molar-refractivity contribution in [1.82, 2.24) is 15.2 Å². The van der Waals surface area contributed by atoms with Crippen LogP contribution >= 0.6 is 11.3 Å². The highest BCUT2D eigenvalue weighted by atomic mass is 32.1. The van der Waals surface area contributed by atoms with Crippen LogP contribution in [0.3, 0.4) is 0 Å². The Hall–Kier alpha value is -1.53. The summed E-state index contributed by atoms with van der Waals surface area (Å²) in [5.41, 5.74) is 1.05. The van der Waals surface area contributed by atoms with Crippen molar-refractivity contribution in [3.05, 3.63) is 29.3 Å². The normalized spacial score (nSPS) is 21.6. The molecule has 1 unspecified atom stereocenters. The first-order chi connectivity index (χ1) is 12.2. The Morgan fingerprint density at radius 3 is 2.64 bits per heavy atom. The van der Waals surface area contributed by atoms with Crippen LogP contribution in [0.2, 0.25) is 0 Å². The van der Waals surface area contributed by atoms with E-state index in [4.69, 9.17) is 4.98 Å². The lowest BCUT2D eigenvalue weighted by molar-refractivity contribution is -0.140. The molecule has 134 valence electrons. The van der Waals surface area contributed by atoms with Crippen LogP contribution in [0.4, 0.5) is 4.39 Å². The summed E-state index contributed by atoms with van der Waals surface area (Å²) in [6.07, 6.45) is 1.94. The predicted molar refractivity (Wildman–Crippen MR) is 98.7 cm³/mol. The number of benzene rings is 1. The lowest BCUT2D eigenvalue weighted by Gasteiger charge is -2.34. The second-order valence-electron chi connectivity index (χ2n) is 7.11. The van der Waals surface area contributed by atoms with E-state index in [1.165, 1.54) is 4.70 Å². The van der Waals surface area contributed by atoms with E-state index in [0.717, 1.165) is 49.3 Å². The van der Waals surface area contributed by atoms with Crippen LogP contribution in [0.15, 0.2) is 24.3 Å². The van der Waals surface area contributed by atoms with E-state index >= 15 is 0 Å². The van der Waals surface area contributed by atoms with Crippen molar-refractivity contribution in [2.24, 2.45) is 5.92 Å². The first-order valence-corrected chi connectivity index (χ1v) is 10.0. The summed E-state index contributed by atoms with van der Waals surface area (Å²) in [6.45, 7) is 2.92. The molecule has 2 aromatic rings. The van der Waals surface area contributed by atoms with Crippen molar-refractivity contribution in [2.45, 2.75) is 37.8 Å². The fourth-order valence-electron chi connectivity index (χ4n) is 3.92. The molecular formula is C19H24FN3OS. The minimum Gasteiger partial charge on any atom is -0.340 e. The molecule has 1 amide bonds. The van der Waals surface area contributed by atoms with E-state index in [1.54, 1.807) is 16.2 Å². The molecule has 1 aromatic carbocycles. The van der Waals surface area contributed by atoms with Gasteiger partial charge in [-0.25, -0.2) is 9.37 Å². The molecule has 0 radical (unpaired) electrons. The van der Waals surface area contributed by atoms with Gasteiger partial charge in [-0.05, 0) is 50.9 Å². The molecule has 1 N–H and O–H groups in total. The van der Waals surface area contributed by atoms with Gasteiger partial charge in [0.2, 0.25) is 0 Å². The average Bonchev–Trinajstić information content (AvgIpc) is 3.12. The molecule has 3 heterocycles. The summed E-state index contributed by atoms with van der Waals surface area (Å²) in [6, 6.07) is 8.19. The number of para-hydroxylation sites is 1. The van der Waals surface area contributed by atoms with Gasteiger partial charge in [-0.1, -0.05) is 12.1 Å². The number of carbonyl (C=O) groups excluding carboxylic acids is 1. The number of likely N-dealkylation sites (tertiary alicyclic amines) is 1. The van der Waals surface area contributed by atoms with Crippen molar-refractivity contribution in [1.29, 1.82) is 0 Å². The molecule has 4 rings (SSSR count). The number of halogens is 1. The van der Waals surface area contributed by atoms with Gasteiger partial charge in [0, 0.05) is 24.9 Å². The SMILES string of the molecule is O=C(C(F)C1CCNCC1)N1CCC(c2nc3ccccc3s2)CC1. The van der Waals surface area contributed by atoms with Crippen LogP contribution in [0, 0.1) is 5.92 Å². The first-order valence-electron chi connectivity index (χ1n) is 9.21. The number of alkyl halides is 1. The molecule has 4 nitrogen and oxygen atoms in total. The summed E-state index contributed by atoms with van der Waals surface area (Å²) >= 11 is 1.75. The Labute approximate surface area is 151 Å². The van der Waals surface area contributed by atoms with Gasteiger partial charge in [0.1, 0.15) is 0 Å². The number of fused-ring (bicyclic) bond motifs is 1. The molecule has 1 atom stereocenters. The highest BCUT2D eigenvalue weighted by molar-refractivity contribution is 7.18. The van der Waals surface area contributed by atoms with E-state index < -0.39 is 6.17 Å². The molecule has 2 fully saturated rings. The number of thiazole rings is 1. The molecule has 6 heteroatoms. The zero-order valence-corrected chi connectivity index (χ0v) is 15.1. The number of nitrogens with one attached hydrogen (secondary N) is 1. The predicted octanol–water partition coefficient (Wildman–Crippen LogP) is 3.34. The van der Waals surface area contributed by atoms with E-state index in [0.29, 0.717) is 19.0 Å². The molecule has 0 aliphatic carbocycles. The number of amides is 1. The maximum Gasteiger partial charge on any atom is 0.257 e. The zero-order chi connectivity index (χ0) is 17.2. The van der Waals surface area contributed by atoms with Crippen molar-refractivity contribution in [3.8, 4) is 0 Å². The molecular weight excluding hydrogens is 337 g/mol. The number of piperidine rings is 2. The Kier molecular flexibility index (Phi) is 4.99. The van der Waals surface area contributed by atoms with Gasteiger partial charge in [0.05, 0.1) is 15.2 Å². The molecule has 0 saturated carbocycles. The van der Waals surface area contributed by atoms with Gasteiger partial charge in [0.25, 0.3) is 5.91 Å². The standard InChI is InChI=1S/C19H24FN3OS/c20-17(13-5-9-21-10-6-13)19(24)23-11-7-14(8-12-23)18-22-15-3-1-2-4-16(15)25-18/h1-4,13-14,17,21H,5-12H2. The highest BCUT2D eigenvalue weighted by Crippen LogP contribution is 2.34. The van der Waals surface area contributed by atoms with Gasteiger partial charge in [0.15, 0.2) is 6.17 Å². The minimum atomic E-state index is -1.33. The summed E-state index contributed by atoms with van der Waals surface area (Å²) in [5.74, 6) is -0.0243. The largest absolute Gasteiger partial charge is 0.340 e. The summed E-state index contributed by atoms with van der Waals surface area (Å²) < 4.78 is 15.8. The molecule has 25 heavy (non-hydrogen) atoms. The maximum absolute atomic E-state index is 14.6. The molecule has 2 aliphatic rings. The number of hydrogen-bond acceptors (Lipinski definition) is 4. The zero-order valence-electron chi connectivity index (χ0n) is 14.3. The summed E-state index contributed by atoms with van der Waals surface area (Å²) in [5, 5.41) is 4.38. The van der Waals surface area contributed by atoms with Gasteiger partial charge in [-0.15, -0.1) is 11.3 Å². The quantitative estimate of drug-likeness (QED) is 0.912. The lowest BCUT2D eigenvalue weighted by atomic mass is 9.91. The number of carbonyl (C=O) groups is 1. The number of hydrogen-bond donors (Lipinski definition) is 1. The molecule has 0 spiro atoms. The first kappa shape index (κ1) is 16.9. The van der Waals surface area contributed by atoms with Gasteiger partial charge < -0.3 is 10.2 Å². The third-order valence-corrected chi connectivity index (χ3v) is 6.70. The van der Waals surface area contributed by atoms with Crippen molar-refractivity contribution >= 4 is 27.5 Å². The van der Waals surface area contributed by atoms with E-state index in [1.807, 2.05) is 18.2 Å². The van der Waals surface area contributed by atoms with Crippen LogP contribution in [0.25, 0.3) is 10.2 Å². The van der Waals surface area contributed by atoms with Gasteiger partial charge >= 0.3 is 0 Å². The minimum absolute atomic E-state index is 0.115. The van der Waals surface area contributed by atoms with Crippen LogP contribution in [-0.2, 0) is 4.79 Å². The smallest absolute Gasteiger partial charge is 0.257 e. The molecule has 0 bridgehead atoms. The van der Waals surface area contributed by atoms with Crippen molar-refractivity contribution in [3.63, 3.8) is 0 Å². The summed E-state index contributed by atoms with van der Waals surface area (Å²) in [4.78, 5) is 19.0. The van der Waals surface area contributed by atoms with Crippen LogP contribution < -0.4 is 5.32 Å². The van der Waals surface area contributed by atoms with Gasteiger partial charge in [-0.2, -0.15) is 0 Å². The number of nitrogens with zero attached hydrogens (tertiary/aromatic N) is 2. The number of aromatic nitrogens is 1. The van der Waals surface area contributed by atoms with Crippen molar-refractivity contribution in [2.75, 3.05) is 26.2 Å². The Balaban J connectivity index is 1.36. The second kappa shape index (κ2) is 7.38.